The number of carboxylic acid groups (broad SMARTS) is 1. The maximum atomic E-state index is 12.3. The van der Waals surface area contributed by atoms with Crippen LogP contribution in [0.3, 0.4) is 0 Å². The number of aromatic nitrogens is 2. The van der Waals surface area contributed by atoms with Crippen molar-refractivity contribution in [3.05, 3.63) is 18.0 Å². The summed E-state index contributed by atoms with van der Waals surface area (Å²) in [6, 6.07) is 0.462. The van der Waals surface area contributed by atoms with Crippen LogP contribution in [-0.2, 0) is 16.1 Å². The number of carboxylic acids is 1. The summed E-state index contributed by atoms with van der Waals surface area (Å²) in [5, 5.41) is 19.9. The first-order valence-corrected chi connectivity index (χ1v) is 7.86. The van der Waals surface area contributed by atoms with E-state index in [0.717, 1.165) is 25.9 Å². The monoisotopic (exact) mass is 320 g/mol. The number of carbonyl (C=O) groups is 2. The molecule has 1 aliphatic heterocycles. The number of rotatable bonds is 5. The van der Waals surface area contributed by atoms with Crippen molar-refractivity contribution < 1.29 is 19.1 Å². The number of hydrogen-bond acceptors (Lipinski definition) is 6. The van der Waals surface area contributed by atoms with Crippen molar-refractivity contribution in [2.24, 2.45) is 5.41 Å². The van der Waals surface area contributed by atoms with Crippen LogP contribution in [0.5, 0.6) is 0 Å². The molecule has 1 fully saturated rings. The van der Waals surface area contributed by atoms with Gasteiger partial charge in [-0.15, -0.1) is 5.10 Å². The average molecular weight is 320 g/mol. The maximum Gasteiger partial charge on any atom is 0.319 e. The fourth-order valence-electron chi connectivity index (χ4n) is 2.96. The van der Waals surface area contributed by atoms with E-state index in [0.29, 0.717) is 6.01 Å². The normalized spacial score (nSPS) is 19.7. The number of aliphatic carboxylic acids is 1. The van der Waals surface area contributed by atoms with Crippen molar-refractivity contribution in [3.63, 3.8) is 0 Å². The van der Waals surface area contributed by atoms with Crippen LogP contribution in [0, 0.1) is 5.41 Å². The SMILES string of the molecule is O=C(O)C1(C(=O)NCc2nnc(N3CCCCC3)o2)CC=CC1. The third-order valence-electron chi connectivity index (χ3n) is 4.43. The number of nitrogens with one attached hydrogen (secondary N) is 1. The first-order chi connectivity index (χ1) is 11.1. The summed E-state index contributed by atoms with van der Waals surface area (Å²) in [5.74, 6) is -1.35. The molecule has 0 unspecified atom stereocenters. The third kappa shape index (κ3) is 3.06. The number of hydrogen-bond donors (Lipinski definition) is 2. The highest BCUT2D eigenvalue weighted by atomic mass is 16.4. The number of anilines is 1. The van der Waals surface area contributed by atoms with E-state index in [1.165, 1.54) is 6.42 Å². The van der Waals surface area contributed by atoms with Gasteiger partial charge in [0.1, 0.15) is 0 Å². The number of allylic oxidation sites excluding steroid dienone is 2. The standard InChI is InChI=1S/C15H20N4O4/c20-12(15(13(21)22)6-2-3-7-15)16-10-11-17-18-14(23-11)19-8-4-1-5-9-19/h2-3H,1,4-10H2,(H,16,20)(H,21,22). The average Bonchev–Trinajstić information content (AvgIpc) is 3.23. The van der Waals surface area contributed by atoms with Crippen molar-refractivity contribution in [1.82, 2.24) is 15.5 Å². The summed E-state index contributed by atoms with van der Waals surface area (Å²) in [5.41, 5.74) is -1.41. The molecule has 1 saturated heterocycles. The van der Waals surface area contributed by atoms with Crippen LogP contribution in [-0.4, -0.2) is 40.3 Å². The summed E-state index contributed by atoms with van der Waals surface area (Å²) in [6.45, 7) is 1.82. The third-order valence-corrected chi connectivity index (χ3v) is 4.43. The van der Waals surface area contributed by atoms with Crippen LogP contribution in [0.15, 0.2) is 16.6 Å². The van der Waals surface area contributed by atoms with Gasteiger partial charge >= 0.3 is 12.0 Å². The lowest BCUT2D eigenvalue weighted by Crippen LogP contribution is -2.44. The molecule has 124 valence electrons. The van der Waals surface area contributed by atoms with E-state index >= 15 is 0 Å². The number of piperidine rings is 1. The van der Waals surface area contributed by atoms with Crippen LogP contribution in [0.25, 0.3) is 0 Å². The van der Waals surface area contributed by atoms with Gasteiger partial charge in [0.2, 0.25) is 11.8 Å². The second-order valence-electron chi connectivity index (χ2n) is 5.98. The Morgan fingerprint density at radius 3 is 2.57 bits per heavy atom. The Bertz CT molecular complexity index is 611. The predicted molar refractivity (Wildman–Crippen MR) is 80.7 cm³/mol. The lowest BCUT2D eigenvalue weighted by atomic mass is 9.84. The highest BCUT2D eigenvalue weighted by Crippen LogP contribution is 2.34. The van der Waals surface area contributed by atoms with E-state index in [1.807, 2.05) is 4.90 Å². The second-order valence-corrected chi connectivity index (χ2v) is 5.98. The molecule has 2 N–H and O–H groups in total. The smallest absolute Gasteiger partial charge is 0.319 e. The molecule has 1 amide bonds. The molecule has 0 bridgehead atoms. The zero-order valence-corrected chi connectivity index (χ0v) is 12.8. The molecular weight excluding hydrogens is 300 g/mol. The highest BCUT2D eigenvalue weighted by molar-refractivity contribution is 6.02. The van der Waals surface area contributed by atoms with E-state index in [1.54, 1.807) is 12.2 Å². The summed E-state index contributed by atoms with van der Waals surface area (Å²) >= 11 is 0. The van der Waals surface area contributed by atoms with Crippen LogP contribution >= 0.6 is 0 Å². The molecule has 2 heterocycles. The summed E-state index contributed by atoms with van der Waals surface area (Å²) in [7, 11) is 0. The summed E-state index contributed by atoms with van der Waals surface area (Å²) in [4.78, 5) is 25.7. The Morgan fingerprint density at radius 1 is 1.22 bits per heavy atom. The Hall–Kier alpha value is -2.38. The molecule has 8 heteroatoms. The summed E-state index contributed by atoms with van der Waals surface area (Å²) < 4.78 is 5.56. The number of amides is 1. The predicted octanol–water partition coefficient (Wildman–Crippen LogP) is 1.10. The Morgan fingerprint density at radius 2 is 1.91 bits per heavy atom. The molecule has 0 radical (unpaired) electrons. The molecular formula is C15H20N4O4. The van der Waals surface area contributed by atoms with E-state index in [-0.39, 0.29) is 25.3 Å². The lowest BCUT2D eigenvalue weighted by molar-refractivity contribution is -0.155. The van der Waals surface area contributed by atoms with Gasteiger partial charge in [-0.05, 0) is 32.1 Å². The van der Waals surface area contributed by atoms with E-state index < -0.39 is 17.3 Å². The van der Waals surface area contributed by atoms with Gasteiger partial charge in [0, 0.05) is 13.1 Å². The van der Waals surface area contributed by atoms with Crippen LogP contribution in [0.2, 0.25) is 0 Å². The molecule has 8 nitrogen and oxygen atoms in total. The molecule has 1 aliphatic carbocycles. The van der Waals surface area contributed by atoms with E-state index in [9.17, 15) is 14.7 Å². The molecule has 0 aromatic carbocycles. The van der Waals surface area contributed by atoms with Crippen molar-refractivity contribution in [3.8, 4) is 0 Å². The molecule has 23 heavy (non-hydrogen) atoms. The first kappa shape index (κ1) is 15.5. The number of carbonyl (C=O) groups excluding carboxylic acids is 1. The van der Waals surface area contributed by atoms with E-state index in [2.05, 4.69) is 15.5 Å². The molecule has 3 rings (SSSR count). The van der Waals surface area contributed by atoms with Gasteiger partial charge in [0.25, 0.3) is 0 Å². The van der Waals surface area contributed by atoms with E-state index in [4.69, 9.17) is 4.42 Å². The summed E-state index contributed by atoms with van der Waals surface area (Å²) in [6.07, 6.45) is 7.25. The minimum Gasteiger partial charge on any atom is -0.480 e. The Balaban J connectivity index is 1.59. The molecule has 0 spiro atoms. The minimum absolute atomic E-state index is 0.0364. The van der Waals surface area contributed by atoms with Crippen LogP contribution in [0.4, 0.5) is 6.01 Å². The van der Waals surface area contributed by atoms with Crippen molar-refractivity contribution >= 4 is 17.9 Å². The Kier molecular flexibility index (Phi) is 4.31. The fraction of sp³-hybridized carbons (Fsp3) is 0.600. The van der Waals surface area contributed by atoms with Crippen molar-refractivity contribution in [1.29, 1.82) is 0 Å². The molecule has 2 aliphatic rings. The van der Waals surface area contributed by atoms with Gasteiger partial charge < -0.3 is 19.7 Å². The molecule has 1 aromatic rings. The topological polar surface area (TPSA) is 109 Å². The Labute approximate surface area is 133 Å². The first-order valence-electron chi connectivity index (χ1n) is 7.86. The van der Waals surface area contributed by atoms with Gasteiger partial charge in [-0.1, -0.05) is 17.3 Å². The van der Waals surface area contributed by atoms with Gasteiger partial charge in [-0.25, -0.2) is 0 Å². The van der Waals surface area contributed by atoms with Crippen LogP contribution in [0.1, 0.15) is 38.0 Å². The molecule has 0 atom stereocenters. The van der Waals surface area contributed by atoms with Gasteiger partial charge in [0.05, 0.1) is 6.54 Å². The zero-order chi connectivity index (χ0) is 16.3. The van der Waals surface area contributed by atoms with Crippen molar-refractivity contribution in [2.45, 2.75) is 38.6 Å². The van der Waals surface area contributed by atoms with Crippen LogP contribution < -0.4 is 10.2 Å². The largest absolute Gasteiger partial charge is 0.480 e. The van der Waals surface area contributed by atoms with Crippen molar-refractivity contribution in [2.75, 3.05) is 18.0 Å². The van der Waals surface area contributed by atoms with Gasteiger partial charge in [-0.3, -0.25) is 9.59 Å². The minimum atomic E-state index is -1.41. The van der Waals surface area contributed by atoms with Gasteiger partial charge in [0.15, 0.2) is 5.41 Å². The second kappa shape index (κ2) is 6.39. The molecule has 1 aromatic heterocycles. The molecule has 0 saturated carbocycles. The highest BCUT2D eigenvalue weighted by Gasteiger charge is 2.46. The maximum absolute atomic E-state index is 12.3. The number of nitrogens with zero attached hydrogens (tertiary/aromatic N) is 3. The quantitative estimate of drug-likeness (QED) is 0.617. The van der Waals surface area contributed by atoms with Gasteiger partial charge in [-0.2, -0.15) is 0 Å². The fourth-order valence-corrected chi connectivity index (χ4v) is 2.96. The zero-order valence-electron chi connectivity index (χ0n) is 12.8. The lowest BCUT2D eigenvalue weighted by Gasteiger charge is -2.24.